The molecule has 1 rings (SSSR count). The van der Waals surface area contributed by atoms with E-state index in [1.54, 1.807) is 6.92 Å². The lowest BCUT2D eigenvalue weighted by atomic mass is 10.2. The smallest absolute Gasteiger partial charge is 0.321 e. The van der Waals surface area contributed by atoms with Crippen molar-refractivity contribution >= 4 is 15.8 Å². The van der Waals surface area contributed by atoms with E-state index in [0.717, 1.165) is 6.42 Å². The van der Waals surface area contributed by atoms with Crippen LogP contribution in [0.15, 0.2) is 0 Å². The highest BCUT2D eigenvalue weighted by Crippen LogP contribution is 2.18. The molecule has 5 nitrogen and oxygen atoms in total. The predicted octanol–water partition coefficient (Wildman–Crippen LogP) is 0.834. The molecule has 1 aliphatic rings. The van der Waals surface area contributed by atoms with Gasteiger partial charge in [-0.25, -0.2) is 8.42 Å². The van der Waals surface area contributed by atoms with Gasteiger partial charge in [-0.2, -0.15) is 0 Å². The lowest BCUT2D eigenvalue weighted by Gasteiger charge is -2.15. The number of sulfone groups is 1. The van der Waals surface area contributed by atoms with E-state index in [1.165, 1.54) is 0 Å². The van der Waals surface area contributed by atoms with Crippen LogP contribution >= 0.6 is 0 Å². The van der Waals surface area contributed by atoms with Crippen molar-refractivity contribution in [3.63, 3.8) is 0 Å². The van der Waals surface area contributed by atoms with Gasteiger partial charge in [0.25, 0.3) is 0 Å². The molecule has 0 aliphatic carbocycles. The summed E-state index contributed by atoms with van der Waals surface area (Å²) in [6, 6.07) is 0. The standard InChI is InChI=1S/C10H18O5S/c1-2-4-9(10(11)12)16(13,14)7-8-5-3-6-15-8/h8-9H,2-7H2,1H3,(H,11,12). The second kappa shape index (κ2) is 5.63. The normalized spacial score (nSPS) is 23.2. The first-order valence-corrected chi connectivity index (χ1v) is 7.25. The summed E-state index contributed by atoms with van der Waals surface area (Å²) in [4.78, 5) is 10.9. The van der Waals surface area contributed by atoms with Crippen molar-refractivity contribution in [2.45, 2.75) is 44.0 Å². The maximum absolute atomic E-state index is 11.9. The van der Waals surface area contributed by atoms with E-state index in [9.17, 15) is 13.2 Å². The van der Waals surface area contributed by atoms with Crippen LogP contribution in [0.25, 0.3) is 0 Å². The molecular formula is C10H18O5S. The summed E-state index contributed by atoms with van der Waals surface area (Å²) in [5, 5.41) is 7.62. The predicted molar refractivity (Wildman–Crippen MR) is 59.1 cm³/mol. The fourth-order valence-corrected chi connectivity index (χ4v) is 3.79. The highest BCUT2D eigenvalue weighted by molar-refractivity contribution is 7.92. The molecule has 94 valence electrons. The van der Waals surface area contributed by atoms with E-state index in [0.29, 0.717) is 19.4 Å². The van der Waals surface area contributed by atoms with Crippen molar-refractivity contribution in [3.8, 4) is 0 Å². The number of rotatable bonds is 6. The Labute approximate surface area is 95.7 Å². The van der Waals surface area contributed by atoms with Gasteiger partial charge in [-0.1, -0.05) is 13.3 Å². The Balaban J connectivity index is 2.68. The zero-order chi connectivity index (χ0) is 12.2. The molecule has 6 heteroatoms. The van der Waals surface area contributed by atoms with E-state index in [-0.39, 0.29) is 18.3 Å². The van der Waals surface area contributed by atoms with Crippen molar-refractivity contribution in [1.82, 2.24) is 0 Å². The van der Waals surface area contributed by atoms with Crippen LogP contribution in [0.1, 0.15) is 32.6 Å². The molecule has 1 heterocycles. The number of hydrogen-bond donors (Lipinski definition) is 1. The minimum Gasteiger partial charge on any atom is -0.480 e. The SMILES string of the molecule is CCCC(C(=O)O)S(=O)(=O)CC1CCCO1. The zero-order valence-corrected chi connectivity index (χ0v) is 10.2. The monoisotopic (exact) mass is 250 g/mol. The number of hydrogen-bond acceptors (Lipinski definition) is 4. The largest absolute Gasteiger partial charge is 0.480 e. The fourth-order valence-electron chi connectivity index (χ4n) is 1.87. The minimum atomic E-state index is -3.59. The summed E-state index contributed by atoms with van der Waals surface area (Å²) in [5.41, 5.74) is 0. The molecule has 2 unspecified atom stereocenters. The van der Waals surface area contributed by atoms with Crippen LogP contribution in [0.2, 0.25) is 0 Å². The van der Waals surface area contributed by atoms with Crippen molar-refractivity contribution in [2.24, 2.45) is 0 Å². The third-order valence-electron chi connectivity index (χ3n) is 2.70. The van der Waals surface area contributed by atoms with Crippen LogP contribution in [-0.4, -0.2) is 43.2 Å². The lowest BCUT2D eigenvalue weighted by molar-refractivity contribution is -0.136. The highest BCUT2D eigenvalue weighted by Gasteiger charge is 2.34. The Hall–Kier alpha value is -0.620. The molecule has 1 saturated heterocycles. The molecule has 0 aromatic rings. The van der Waals surface area contributed by atoms with Crippen LogP contribution in [0.5, 0.6) is 0 Å². The van der Waals surface area contributed by atoms with E-state index < -0.39 is 21.1 Å². The molecule has 1 aliphatic heterocycles. The van der Waals surface area contributed by atoms with Gasteiger partial charge in [0, 0.05) is 6.61 Å². The Kier molecular flexibility index (Phi) is 4.73. The molecule has 0 saturated carbocycles. The summed E-state index contributed by atoms with van der Waals surface area (Å²) >= 11 is 0. The number of carboxylic acids is 1. The molecule has 16 heavy (non-hydrogen) atoms. The number of carbonyl (C=O) groups is 1. The number of ether oxygens (including phenoxy) is 1. The van der Waals surface area contributed by atoms with Gasteiger partial charge < -0.3 is 9.84 Å². The van der Waals surface area contributed by atoms with E-state index >= 15 is 0 Å². The maximum Gasteiger partial charge on any atom is 0.321 e. The Morgan fingerprint density at radius 1 is 1.56 bits per heavy atom. The van der Waals surface area contributed by atoms with Crippen molar-refractivity contribution < 1.29 is 23.1 Å². The lowest BCUT2D eigenvalue weighted by Crippen LogP contribution is -2.35. The first kappa shape index (κ1) is 13.4. The molecule has 0 amide bonds. The van der Waals surface area contributed by atoms with Gasteiger partial charge >= 0.3 is 5.97 Å². The first-order valence-electron chi connectivity index (χ1n) is 5.53. The Morgan fingerprint density at radius 3 is 2.69 bits per heavy atom. The first-order chi connectivity index (χ1) is 7.47. The molecular weight excluding hydrogens is 232 g/mol. The number of aliphatic carboxylic acids is 1. The van der Waals surface area contributed by atoms with Gasteiger partial charge in [0.15, 0.2) is 15.1 Å². The number of carboxylic acid groups (broad SMARTS) is 1. The summed E-state index contributed by atoms with van der Waals surface area (Å²) in [5.74, 6) is -1.41. The third-order valence-corrected chi connectivity index (χ3v) is 4.84. The highest BCUT2D eigenvalue weighted by atomic mass is 32.2. The summed E-state index contributed by atoms with van der Waals surface area (Å²) in [6.07, 6.45) is 1.96. The topological polar surface area (TPSA) is 80.7 Å². The third kappa shape index (κ3) is 3.45. The van der Waals surface area contributed by atoms with Gasteiger partial charge in [-0.3, -0.25) is 4.79 Å². The summed E-state index contributed by atoms with van der Waals surface area (Å²) in [7, 11) is -3.59. The van der Waals surface area contributed by atoms with Gasteiger partial charge in [0.2, 0.25) is 0 Å². The van der Waals surface area contributed by atoms with Gasteiger partial charge in [-0.05, 0) is 19.3 Å². The van der Waals surface area contributed by atoms with Crippen LogP contribution in [0.3, 0.4) is 0 Å². The minimum absolute atomic E-state index is 0.163. The average molecular weight is 250 g/mol. The van der Waals surface area contributed by atoms with E-state index in [2.05, 4.69) is 0 Å². The quantitative estimate of drug-likeness (QED) is 0.755. The molecule has 0 spiro atoms. The Morgan fingerprint density at radius 2 is 2.25 bits per heavy atom. The van der Waals surface area contributed by atoms with Gasteiger partial charge in [0.1, 0.15) is 0 Å². The Bertz CT molecular complexity index is 329. The maximum atomic E-state index is 11.9. The van der Waals surface area contributed by atoms with Crippen LogP contribution in [-0.2, 0) is 19.4 Å². The summed E-state index contributed by atoms with van der Waals surface area (Å²) < 4.78 is 28.9. The van der Waals surface area contributed by atoms with E-state index in [1.807, 2.05) is 0 Å². The fraction of sp³-hybridized carbons (Fsp3) is 0.900. The molecule has 1 fully saturated rings. The van der Waals surface area contributed by atoms with Crippen molar-refractivity contribution in [3.05, 3.63) is 0 Å². The van der Waals surface area contributed by atoms with Crippen molar-refractivity contribution in [1.29, 1.82) is 0 Å². The molecule has 1 N–H and O–H groups in total. The van der Waals surface area contributed by atoms with Crippen LogP contribution in [0.4, 0.5) is 0 Å². The molecule has 0 bridgehead atoms. The second-order valence-electron chi connectivity index (χ2n) is 4.08. The van der Waals surface area contributed by atoms with Gasteiger partial charge in [0.05, 0.1) is 11.9 Å². The second-order valence-corrected chi connectivity index (χ2v) is 6.31. The molecule has 2 atom stereocenters. The molecule has 0 aromatic carbocycles. The van der Waals surface area contributed by atoms with Gasteiger partial charge in [-0.15, -0.1) is 0 Å². The van der Waals surface area contributed by atoms with Crippen LogP contribution in [0, 0.1) is 0 Å². The summed E-state index contributed by atoms with van der Waals surface area (Å²) in [6.45, 7) is 2.35. The van der Waals surface area contributed by atoms with E-state index in [4.69, 9.17) is 9.84 Å². The van der Waals surface area contributed by atoms with Crippen molar-refractivity contribution in [2.75, 3.05) is 12.4 Å². The zero-order valence-electron chi connectivity index (χ0n) is 9.39. The average Bonchev–Trinajstić information content (AvgIpc) is 2.65. The molecule has 0 aromatic heterocycles. The molecule has 0 radical (unpaired) electrons. The van der Waals surface area contributed by atoms with Crippen LogP contribution < -0.4 is 0 Å².